The number of ether oxygens (including phenoxy) is 2. The minimum absolute atomic E-state index is 0.0405. The van der Waals surface area contributed by atoms with E-state index in [9.17, 15) is 9.90 Å². The van der Waals surface area contributed by atoms with Crippen LogP contribution in [-0.2, 0) is 4.74 Å². The molecule has 1 saturated heterocycles. The Labute approximate surface area is 175 Å². The quantitative estimate of drug-likeness (QED) is 0.818. The highest BCUT2D eigenvalue weighted by Crippen LogP contribution is 2.50. The Morgan fingerprint density at radius 1 is 1.20 bits per heavy atom. The summed E-state index contributed by atoms with van der Waals surface area (Å²) < 4.78 is 11.7. The fourth-order valence-electron chi connectivity index (χ4n) is 4.69. The highest BCUT2D eigenvalue weighted by Gasteiger charge is 2.52. The molecule has 3 heterocycles. The van der Waals surface area contributed by atoms with E-state index < -0.39 is 5.72 Å². The molecule has 1 fully saturated rings. The Morgan fingerprint density at radius 3 is 2.70 bits per heavy atom. The van der Waals surface area contributed by atoms with Crippen LogP contribution in [0.3, 0.4) is 0 Å². The number of piperidine rings is 1. The summed E-state index contributed by atoms with van der Waals surface area (Å²) in [5.74, 6) is 1.11. The van der Waals surface area contributed by atoms with Crippen molar-refractivity contribution in [1.82, 2.24) is 9.91 Å². The summed E-state index contributed by atoms with van der Waals surface area (Å²) in [4.78, 5) is 13.9. The molecule has 1 spiro atoms. The lowest BCUT2D eigenvalue weighted by Crippen LogP contribution is -2.59. The highest BCUT2D eigenvalue weighted by molar-refractivity contribution is 6.04. The van der Waals surface area contributed by atoms with Gasteiger partial charge in [0.25, 0.3) is 0 Å². The zero-order valence-electron chi connectivity index (χ0n) is 17.0. The lowest BCUT2D eigenvalue weighted by molar-refractivity contribution is -0.147. The molecule has 0 bridgehead atoms. The SMILES string of the molecule is CCOC(=O)N1CCC2(CC1)Oc1ccccc1[C@H]1CC(c3ccccc3O)=NN12. The predicted molar refractivity (Wildman–Crippen MR) is 111 cm³/mol. The third-order valence-corrected chi connectivity index (χ3v) is 6.19. The van der Waals surface area contributed by atoms with Crippen molar-refractivity contribution in [2.75, 3.05) is 19.7 Å². The van der Waals surface area contributed by atoms with E-state index in [1.165, 1.54) is 0 Å². The van der Waals surface area contributed by atoms with Crippen molar-refractivity contribution in [2.45, 2.75) is 38.0 Å². The van der Waals surface area contributed by atoms with Crippen LogP contribution in [-0.4, -0.2) is 52.2 Å². The van der Waals surface area contributed by atoms with Gasteiger partial charge in [0.15, 0.2) is 0 Å². The molecule has 156 valence electrons. The molecule has 5 rings (SSSR count). The molecule has 0 saturated carbocycles. The Bertz CT molecular complexity index is 997. The first-order valence-corrected chi connectivity index (χ1v) is 10.5. The molecule has 1 amide bonds. The molecule has 0 unspecified atom stereocenters. The molecular formula is C23H25N3O4. The van der Waals surface area contributed by atoms with E-state index >= 15 is 0 Å². The molecule has 0 radical (unpaired) electrons. The van der Waals surface area contributed by atoms with Gasteiger partial charge >= 0.3 is 6.09 Å². The number of rotatable bonds is 2. The first kappa shape index (κ1) is 18.8. The lowest BCUT2D eigenvalue weighted by atomic mass is 9.90. The van der Waals surface area contributed by atoms with Gasteiger partial charge in [-0.3, -0.25) is 0 Å². The van der Waals surface area contributed by atoms with E-state index in [1.807, 2.05) is 43.3 Å². The first-order chi connectivity index (χ1) is 14.6. The van der Waals surface area contributed by atoms with Crippen LogP contribution in [0.4, 0.5) is 4.79 Å². The molecule has 0 aromatic heterocycles. The summed E-state index contributed by atoms with van der Waals surface area (Å²) in [7, 11) is 0. The van der Waals surface area contributed by atoms with Crippen molar-refractivity contribution in [3.8, 4) is 11.5 Å². The summed E-state index contributed by atoms with van der Waals surface area (Å²) in [5, 5.41) is 17.4. The minimum Gasteiger partial charge on any atom is -0.507 e. The van der Waals surface area contributed by atoms with Gasteiger partial charge in [0, 0.05) is 43.5 Å². The Balaban J connectivity index is 1.49. The fourth-order valence-corrected chi connectivity index (χ4v) is 4.69. The van der Waals surface area contributed by atoms with Crippen LogP contribution in [0.2, 0.25) is 0 Å². The molecule has 7 heteroatoms. The Hall–Kier alpha value is -3.22. The molecule has 2 aromatic carbocycles. The lowest BCUT2D eigenvalue weighted by Gasteiger charge is -2.50. The fraction of sp³-hybridized carbons (Fsp3) is 0.391. The van der Waals surface area contributed by atoms with Gasteiger partial charge in [0.2, 0.25) is 5.72 Å². The molecule has 2 aromatic rings. The van der Waals surface area contributed by atoms with E-state index in [2.05, 4.69) is 11.1 Å². The zero-order chi connectivity index (χ0) is 20.7. The predicted octanol–water partition coefficient (Wildman–Crippen LogP) is 3.88. The summed E-state index contributed by atoms with van der Waals surface area (Å²) in [5.41, 5.74) is 2.09. The smallest absolute Gasteiger partial charge is 0.409 e. The average Bonchev–Trinajstić information content (AvgIpc) is 3.21. The van der Waals surface area contributed by atoms with Crippen LogP contribution in [0, 0.1) is 0 Å². The zero-order valence-corrected chi connectivity index (χ0v) is 17.0. The molecule has 1 N–H and O–H groups in total. The summed E-state index contributed by atoms with van der Waals surface area (Å²) >= 11 is 0. The molecule has 1 atom stereocenters. The van der Waals surface area contributed by atoms with E-state index in [0.717, 1.165) is 22.6 Å². The van der Waals surface area contributed by atoms with Crippen LogP contribution >= 0.6 is 0 Å². The van der Waals surface area contributed by atoms with Crippen LogP contribution in [0.1, 0.15) is 43.4 Å². The number of hydrogen-bond acceptors (Lipinski definition) is 6. The number of nitrogens with zero attached hydrogens (tertiary/aromatic N) is 3. The maximum absolute atomic E-state index is 12.2. The van der Waals surface area contributed by atoms with Crippen LogP contribution in [0.25, 0.3) is 0 Å². The number of carbonyl (C=O) groups is 1. The van der Waals surface area contributed by atoms with Crippen LogP contribution in [0.5, 0.6) is 11.5 Å². The molecule has 3 aliphatic rings. The molecular weight excluding hydrogens is 382 g/mol. The summed E-state index contributed by atoms with van der Waals surface area (Å²) in [6.07, 6.45) is 1.68. The van der Waals surface area contributed by atoms with Gasteiger partial charge in [-0.25, -0.2) is 9.80 Å². The van der Waals surface area contributed by atoms with E-state index in [0.29, 0.717) is 39.0 Å². The van der Waals surface area contributed by atoms with E-state index in [4.69, 9.17) is 14.6 Å². The van der Waals surface area contributed by atoms with Crippen molar-refractivity contribution in [1.29, 1.82) is 0 Å². The molecule has 30 heavy (non-hydrogen) atoms. The first-order valence-electron chi connectivity index (χ1n) is 10.5. The Morgan fingerprint density at radius 2 is 1.93 bits per heavy atom. The number of carbonyl (C=O) groups excluding carboxylic acids is 1. The molecule has 3 aliphatic heterocycles. The third-order valence-electron chi connectivity index (χ3n) is 6.19. The number of benzene rings is 2. The van der Waals surface area contributed by atoms with Crippen molar-refractivity contribution in [3.05, 3.63) is 59.7 Å². The second kappa shape index (κ2) is 7.23. The number of phenols is 1. The number of likely N-dealkylation sites (tertiary alicyclic amines) is 1. The average molecular weight is 407 g/mol. The van der Waals surface area contributed by atoms with E-state index in [-0.39, 0.29) is 17.9 Å². The highest BCUT2D eigenvalue weighted by atomic mass is 16.6. The Kier molecular flexibility index (Phi) is 4.53. The normalized spacial score (nSPS) is 21.5. The topological polar surface area (TPSA) is 74.6 Å². The maximum Gasteiger partial charge on any atom is 0.409 e. The monoisotopic (exact) mass is 407 g/mol. The van der Waals surface area contributed by atoms with Crippen molar-refractivity contribution in [2.24, 2.45) is 5.10 Å². The van der Waals surface area contributed by atoms with Crippen molar-refractivity contribution < 1.29 is 19.4 Å². The van der Waals surface area contributed by atoms with Crippen LogP contribution in [0.15, 0.2) is 53.6 Å². The molecule has 7 nitrogen and oxygen atoms in total. The summed E-state index contributed by atoms with van der Waals surface area (Å²) in [6.45, 7) is 3.28. The number of hydrazone groups is 1. The second-order valence-electron chi connectivity index (χ2n) is 7.90. The number of para-hydroxylation sites is 2. The standard InChI is InChI=1S/C23H25N3O4/c1-2-29-22(28)25-13-11-23(12-14-25)26-19(17-8-4-6-10-21(17)30-23)15-18(24-26)16-7-3-5-9-20(16)27/h3-10,19,27H,2,11-15H2,1H3/t19-/m1/s1. The van der Waals surface area contributed by atoms with Gasteiger partial charge in [-0.05, 0) is 25.1 Å². The van der Waals surface area contributed by atoms with Gasteiger partial charge in [-0.1, -0.05) is 30.3 Å². The second-order valence-corrected chi connectivity index (χ2v) is 7.90. The van der Waals surface area contributed by atoms with Crippen LogP contribution < -0.4 is 4.74 Å². The maximum atomic E-state index is 12.2. The van der Waals surface area contributed by atoms with E-state index in [1.54, 1.807) is 11.0 Å². The van der Waals surface area contributed by atoms with Crippen molar-refractivity contribution >= 4 is 11.8 Å². The third kappa shape index (κ3) is 2.96. The number of amides is 1. The van der Waals surface area contributed by atoms with Gasteiger partial charge < -0.3 is 19.5 Å². The van der Waals surface area contributed by atoms with Crippen molar-refractivity contribution in [3.63, 3.8) is 0 Å². The summed E-state index contributed by atoms with van der Waals surface area (Å²) in [6, 6.07) is 15.4. The van der Waals surface area contributed by atoms with Gasteiger partial charge in [0.1, 0.15) is 11.5 Å². The van der Waals surface area contributed by atoms with Gasteiger partial charge in [-0.15, -0.1) is 0 Å². The van der Waals surface area contributed by atoms with Gasteiger partial charge in [0.05, 0.1) is 18.4 Å². The largest absolute Gasteiger partial charge is 0.507 e. The number of fused-ring (bicyclic) bond motifs is 4. The number of phenolic OH excluding ortho intramolecular Hbond substituents is 1. The van der Waals surface area contributed by atoms with Gasteiger partial charge in [-0.2, -0.15) is 5.10 Å². The number of hydrogen-bond donors (Lipinski definition) is 1. The molecule has 0 aliphatic carbocycles. The minimum atomic E-state index is -0.617. The number of aromatic hydroxyl groups is 1.